The SMILES string of the molecule is CC(=O)N[C@H]1CCN(c2ccc(S(=O)(=O)N[C@@H]3CCNC3)c(S(N)(=O)=O)c2-c2nnn[nH]2)C1. The number of benzene rings is 1. The Kier molecular flexibility index (Phi) is 6.37. The highest BCUT2D eigenvalue weighted by Crippen LogP contribution is 2.39. The number of amides is 1. The Morgan fingerprint density at radius 2 is 2.00 bits per heavy atom. The molecule has 1 aromatic carbocycles. The second-order valence-corrected chi connectivity index (χ2v) is 11.2. The van der Waals surface area contributed by atoms with E-state index >= 15 is 0 Å². The summed E-state index contributed by atoms with van der Waals surface area (Å²) in [6, 6.07) is 2.19. The van der Waals surface area contributed by atoms with Gasteiger partial charge >= 0.3 is 0 Å². The van der Waals surface area contributed by atoms with E-state index in [-0.39, 0.29) is 29.4 Å². The number of carbonyl (C=O) groups excluding carboxylic acids is 1. The van der Waals surface area contributed by atoms with Crippen molar-refractivity contribution in [3.63, 3.8) is 0 Å². The fourth-order valence-electron chi connectivity index (χ4n) is 4.23. The van der Waals surface area contributed by atoms with E-state index in [1.54, 1.807) is 0 Å². The standard InChI is InChI=1S/C17H25N9O5S2/c1-10(27)20-12-5-7-26(9-12)13-2-3-14(33(30,31)23-11-4-6-19-8-11)16(32(18,28)29)15(13)17-21-24-25-22-17/h2-3,11-12,19,23H,4-9H2,1H3,(H,20,27)(H2,18,28,29)(H,21,22,24,25)/t11-,12+/m1/s1. The zero-order valence-electron chi connectivity index (χ0n) is 17.8. The molecule has 4 rings (SSSR count). The van der Waals surface area contributed by atoms with E-state index in [1.165, 1.54) is 19.1 Å². The number of hydrogen-bond acceptors (Lipinski definition) is 10. The van der Waals surface area contributed by atoms with Crippen LogP contribution in [0.15, 0.2) is 21.9 Å². The quantitative estimate of drug-likeness (QED) is 0.280. The smallest absolute Gasteiger partial charge is 0.242 e. The van der Waals surface area contributed by atoms with Gasteiger partial charge in [-0.15, -0.1) is 5.10 Å². The molecule has 2 aliphatic rings. The molecule has 0 spiro atoms. The van der Waals surface area contributed by atoms with E-state index in [0.717, 1.165) is 0 Å². The van der Waals surface area contributed by atoms with Crippen LogP contribution in [0, 0.1) is 0 Å². The normalized spacial score (nSPS) is 21.5. The average molecular weight is 500 g/mol. The second kappa shape index (κ2) is 8.94. The Bertz CT molecular complexity index is 1240. The zero-order chi connectivity index (χ0) is 23.8. The summed E-state index contributed by atoms with van der Waals surface area (Å²) in [7, 11) is -8.78. The van der Waals surface area contributed by atoms with Crippen molar-refractivity contribution in [2.24, 2.45) is 5.14 Å². The number of rotatable bonds is 7. The van der Waals surface area contributed by atoms with Crippen LogP contribution < -0.4 is 25.4 Å². The summed E-state index contributed by atoms with van der Waals surface area (Å²) in [4.78, 5) is 12.2. The molecule has 0 saturated carbocycles. The minimum absolute atomic E-state index is 0.0432. The molecule has 33 heavy (non-hydrogen) atoms. The number of H-pyrrole nitrogens is 1. The first-order valence-electron chi connectivity index (χ1n) is 10.3. The number of carbonyl (C=O) groups is 1. The first kappa shape index (κ1) is 23.5. The van der Waals surface area contributed by atoms with Crippen molar-refractivity contribution < 1.29 is 21.6 Å². The van der Waals surface area contributed by atoms with Gasteiger partial charge in [0.25, 0.3) is 0 Å². The van der Waals surface area contributed by atoms with Gasteiger partial charge < -0.3 is 15.5 Å². The second-order valence-electron chi connectivity index (χ2n) is 8.02. The summed E-state index contributed by atoms with van der Waals surface area (Å²) >= 11 is 0. The molecule has 1 aromatic heterocycles. The van der Waals surface area contributed by atoms with Crippen LogP contribution in [0.4, 0.5) is 5.69 Å². The van der Waals surface area contributed by atoms with Gasteiger partial charge in [-0.2, -0.15) is 0 Å². The van der Waals surface area contributed by atoms with Crippen LogP contribution in [0.1, 0.15) is 19.8 Å². The molecule has 1 amide bonds. The molecule has 0 bridgehead atoms. The van der Waals surface area contributed by atoms with Crippen LogP contribution in [0.5, 0.6) is 0 Å². The summed E-state index contributed by atoms with van der Waals surface area (Å²) in [5.74, 6) is -0.225. The molecule has 2 atom stereocenters. The average Bonchev–Trinajstić information content (AvgIpc) is 3.48. The highest BCUT2D eigenvalue weighted by molar-refractivity contribution is 7.92. The zero-order valence-corrected chi connectivity index (χ0v) is 19.4. The number of tetrazole rings is 1. The predicted molar refractivity (Wildman–Crippen MR) is 117 cm³/mol. The van der Waals surface area contributed by atoms with Crippen molar-refractivity contribution in [1.82, 2.24) is 36.0 Å². The molecular weight excluding hydrogens is 474 g/mol. The molecular formula is C17H25N9O5S2. The lowest BCUT2D eigenvalue weighted by atomic mass is 10.1. The van der Waals surface area contributed by atoms with E-state index in [9.17, 15) is 21.6 Å². The maximum atomic E-state index is 13.2. The van der Waals surface area contributed by atoms with Gasteiger partial charge in [0.2, 0.25) is 26.0 Å². The highest BCUT2D eigenvalue weighted by Gasteiger charge is 2.35. The van der Waals surface area contributed by atoms with Crippen molar-refractivity contribution in [3.8, 4) is 11.4 Å². The Labute approximate surface area is 190 Å². The van der Waals surface area contributed by atoms with Crippen molar-refractivity contribution in [1.29, 1.82) is 0 Å². The third kappa shape index (κ3) is 4.98. The molecule has 2 aromatic rings. The number of sulfonamides is 2. The lowest BCUT2D eigenvalue weighted by molar-refractivity contribution is -0.119. The van der Waals surface area contributed by atoms with Crippen molar-refractivity contribution >= 4 is 31.6 Å². The van der Waals surface area contributed by atoms with Crippen LogP contribution in [-0.2, 0) is 24.8 Å². The van der Waals surface area contributed by atoms with Gasteiger partial charge in [0, 0.05) is 44.3 Å². The van der Waals surface area contributed by atoms with Gasteiger partial charge in [-0.1, -0.05) is 0 Å². The number of hydrogen-bond donors (Lipinski definition) is 5. The third-order valence-corrected chi connectivity index (χ3v) is 8.26. The van der Waals surface area contributed by atoms with Gasteiger partial charge in [0.1, 0.15) is 9.79 Å². The maximum Gasteiger partial charge on any atom is 0.242 e. The van der Waals surface area contributed by atoms with Crippen molar-refractivity contribution in [2.45, 2.75) is 41.6 Å². The van der Waals surface area contributed by atoms with Crippen LogP contribution in [-0.4, -0.2) is 81.6 Å². The lowest BCUT2D eigenvalue weighted by Crippen LogP contribution is -2.37. The number of aromatic nitrogens is 4. The van der Waals surface area contributed by atoms with Gasteiger partial charge in [-0.05, 0) is 41.9 Å². The summed E-state index contributed by atoms with van der Waals surface area (Å²) in [5.41, 5.74) is 0.338. The van der Waals surface area contributed by atoms with Crippen LogP contribution >= 0.6 is 0 Å². The molecule has 2 saturated heterocycles. The van der Waals surface area contributed by atoms with E-state index < -0.39 is 29.8 Å². The predicted octanol–water partition coefficient (Wildman–Crippen LogP) is -2.13. The third-order valence-electron chi connectivity index (χ3n) is 5.57. The van der Waals surface area contributed by atoms with Gasteiger partial charge in [-0.3, -0.25) is 4.79 Å². The molecule has 2 fully saturated rings. The van der Waals surface area contributed by atoms with Gasteiger partial charge in [-0.25, -0.2) is 31.8 Å². The first-order chi connectivity index (χ1) is 15.6. The largest absolute Gasteiger partial charge is 0.369 e. The van der Waals surface area contributed by atoms with Crippen molar-refractivity contribution in [3.05, 3.63) is 12.1 Å². The van der Waals surface area contributed by atoms with E-state index in [2.05, 4.69) is 36.0 Å². The van der Waals surface area contributed by atoms with Crippen LogP contribution in [0.25, 0.3) is 11.4 Å². The van der Waals surface area contributed by atoms with Crippen molar-refractivity contribution in [2.75, 3.05) is 31.1 Å². The van der Waals surface area contributed by atoms with Crippen LogP contribution in [0.2, 0.25) is 0 Å². The summed E-state index contributed by atoms with van der Waals surface area (Å²) in [5, 5.41) is 24.8. The molecule has 0 radical (unpaired) electrons. The number of nitrogens with zero attached hydrogens (tertiary/aromatic N) is 4. The number of nitrogens with one attached hydrogen (secondary N) is 4. The molecule has 180 valence electrons. The Balaban J connectivity index is 1.85. The number of primary sulfonamides is 1. The molecule has 0 unspecified atom stereocenters. The highest BCUT2D eigenvalue weighted by atomic mass is 32.2. The molecule has 2 aliphatic heterocycles. The molecule has 16 heteroatoms. The Morgan fingerprint density at radius 1 is 1.21 bits per heavy atom. The molecule has 6 N–H and O–H groups in total. The fourth-order valence-corrected chi connectivity index (χ4v) is 7.10. The first-order valence-corrected chi connectivity index (χ1v) is 13.3. The number of nitrogens with two attached hydrogens (primary N) is 1. The van der Waals surface area contributed by atoms with Gasteiger partial charge in [0.05, 0.1) is 5.56 Å². The minimum Gasteiger partial charge on any atom is -0.369 e. The topological polar surface area (TPSA) is 205 Å². The summed E-state index contributed by atoms with van der Waals surface area (Å²) in [6.45, 7) is 3.37. The number of anilines is 1. The summed E-state index contributed by atoms with van der Waals surface area (Å²) < 4.78 is 54.4. The minimum atomic E-state index is -4.54. The van der Waals surface area contributed by atoms with Crippen LogP contribution in [0.3, 0.4) is 0 Å². The lowest BCUT2D eigenvalue weighted by Gasteiger charge is -2.24. The van der Waals surface area contributed by atoms with Gasteiger partial charge in [0.15, 0.2) is 5.82 Å². The number of aromatic amines is 1. The monoisotopic (exact) mass is 499 g/mol. The van der Waals surface area contributed by atoms with E-state index in [4.69, 9.17) is 5.14 Å². The molecule has 0 aliphatic carbocycles. The molecule has 3 heterocycles. The maximum absolute atomic E-state index is 13.2. The molecule has 14 nitrogen and oxygen atoms in total. The van der Waals surface area contributed by atoms with E-state index in [0.29, 0.717) is 44.7 Å². The van der Waals surface area contributed by atoms with E-state index in [1.807, 2.05) is 4.90 Å². The Hall–Kier alpha value is -2.66. The summed E-state index contributed by atoms with van der Waals surface area (Å²) in [6.07, 6.45) is 1.19. The fraction of sp³-hybridized carbons (Fsp3) is 0.529. The Morgan fingerprint density at radius 3 is 2.61 bits per heavy atom.